The summed E-state index contributed by atoms with van der Waals surface area (Å²) in [4.78, 5) is 1.23. The molecule has 1 aromatic heterocycles. The summed E-state index contributed by atoms with van der Waals surface area (Å²) in [5.74, 6) is 0. The van der Waals surface area contributed by atoms with E-state index in [1.807, 2.05) is 40.7 Å². The number of hydrogen-bond donors (Lipinski definition) is 0. The zero-order valence-corrected chi connectivity index (χ0v) is 15.1. The second-order valence-electron chi connectivity index (χ2n) is 2.25. The quantitative estimate of drug-likeness (QED) is 0.694. The maximum atomic E-state index is 3.66. The van der Waals surface area contributed by atoms with Crippen LogP contribution in [0.5, 0.6) is 0 Å². The van der Waals surface area contributed by atoms with E-state index in [-0.39, 0.29) is 32.7 Å². The van der Waals surface area contributed by atoms with Gasteiger partial charge in [0.1, 0.15) is 0 Å². The number of aryl methyl sites for hydroxylation is 1. The minimum atomic E-state index is 0. The molecule has 0 N–H and O–H groups in total. The van der Waals surface area contributed by atoms with Gasteiger partial charge in [-0.25, -0.2) is 11.3 Å². The monoisotopic (exact) mass is 312 g/mol. The maximum absolute atomic E-state index is 3.66. The Balaban J connectivity index is -0.000000305. The van der Waals surface area contributed by atoms with Crippen LogP contribution in [0.25, 0.3) is 12.2 Å². The maximum Gasteiger partial charge on any atom is 0 e. The van der Waals surface area contributed by atoms with Crippen molar-refractivity contribution in [2.75, 3.05) is 0 Å². The number of hydrogen-bond acceptors (Lipinski definition) is 1. The summed E-state index contributed by atoms with van der Waals surface area (Å²) >= 11 is 1.76. The molecule has 0 aliphatic carbocycles. The Kier molecular flexibility index (Phi) is 20.6. The third-order valence-electron chi connectivity index (χ3n) is 1.39. The smallest absolute Gasteiger partial charge is 0 e. The van der Waals surface area contributed by atoms with Crippen molar-refractivity contribution in [3.8, 4) is 0 Å². The van der Waals surface area contributed by atoms with Gasteiger partial charge in [-0.1, -0.05) is 44.0 Å². The molecule has 0 aliphatic rings. The average Bonchev–Trinajstić information content (AvgIpc) is 2.65. The van der Waals surface area contributed by atoms with E-state index >= 15 is 0 Å². The van der Waals surface area contributed by atoms with Gasteiger partial charge in [-0.05, 0) is 6.92 Å². The largest absolute Gasteiger partial charge is 0.224 e. The second kappa shape index (κ2) is 15.3. The fourth-order valence-corrected chi connectivity index (χ4v) is 1.79. The SMILES string of the molecule is C=C/C=c1/[c-]c(C)s/c1=C/C.CC.CC.[Y]. The topological polar surface area (TPSA) is 0 Å². The summed E-state index contributed by atoms with van der Waals surface area (Å²) in [6.45, 7) is 15.8. The van der Waals surface area contributed by atoms with Crippen LogP contribution in [0.4, 0.5) is 0 Å². The summed E-state index contributed by atoms with van der Waals surface area (Å²) in [6, 6.07) is 3.26. The van der Waals surface area contributed by atoms with Gasteiger partial charge in [-0.3, -0.25) is 0 Å². The van der Waals surface area contributed by atoms with Crippen molar-refractivity contribution in [1.82, 2.24) is 0 Å². The van der Waals surface area contributed by atoms with Gasteiger partial charge in [0, 0.05) is 32.7 Å². The van der Waals surface area contributed by atoms with Crippen LogP contribution in [-0.2, 0) is 32.7 Å². The van der Waals surface area contributed by atoms with Crippen molar-refractivity contribution in [2.45, 2.75) is 41.5 Å². The van der Waals surface area contributed by atoms with Crippen molar-refractivity contribution in [1.29, 1.82) is 0 Å². The van der Waals surface area contributed by atoms with Crippen molar-refractivity contribution < 1.29 is 32.7 Å². The second-order valence-corrected chi connectivity index (χ2v) is 3.51. The van der Waals surface area contributed by atoms with E-state index in [0.717, 1.165) is 5.22 Å². The zero-order valence-electron chi connectivity index (χ0n) is 11.4. The molecule has 0 aromatic carbocycles. The van der Waals surface area contributed by atoms with Crippen LogP contribution in [0.2, 0.25) is 0 Å². The van der Waals surface area contributed by atoms with Gasteiger partial charge in [0.05, 0.1) is 0 Å². The minimum absolute atomic E-state index is 0. The number of rotatable bonds is 1. The fourth-order valence-electron chi connectivity index (χ4n) is 0.953. The Hall–Kier alpha value is 0.284. The molecule has 89 valence electrons. The molecule has 1 heterocycles. The number of allylic oxidation sites excluding steroid dienone is 1. The van der Waals surface area contributed by atoms with Crippen LogP contribution in [0.15, 0.2) is 12.7 Å². The number of thiophene rings is 1. The van der Waals surface area contributed by atoms with Gasteiger partial charge in [-0.2, -0.15) is 17.4 Å². The molecule has 1 aromatic rings. The molecule has 0 nitrogen and oxygen atoms in total. The Bertz CT molecular complexity index is 361. The summed E-state index contributed by atoms with van der Waals surface area (Å²) in [6.07, 6.45) is 5.88. The summed E-state index contributed by atoms with van der Waals surface area (Å²) in [5.41, 5.74) is 0. The van der Waals surface area contributed by atoms with Crippen molar-refractivity contribution in [3.05, 3.63) is 33.3 Å². The molecule has 0 aliphatic heterocycles. The molecule has 1 radical (unpaired) electrons. The first-order chi connectivity index (χ1) is 7.27. The standard InChI is InChI=1S/C10H11S.2C2H6.Y/c1-4-6-9-7-8(3)11-10(9)5-2;2*1-2;/h4-6H,1H2,2-3H3;2*1-2H3;/q-1;;;/b9-6-,10-5+;;;. The first-order valence-electron chi connectivity index (χ1n) is 5.55. The van der Waals surface area contributed by atoms with Crippen LogP contribution in [0.3, 0.4) is 0 Å². The Morgan fingerprint density at radius 1 is 1.19 bits per heavy atom. The molecule has 16 heavy (non-hydrogen) atoms. The van der Waals surface area contributed by atoms with Gasteiger partial charge < -0.3 is 0 Å². The van der Waals surface area contributed by atoms with Gasteiger partial charge in [-0.15, -0.1) is 18.7 Å². The van der Waals surface area contributed by atoms with E-state index in [0.29, 0.717) is 0 Å². The molecular formula is C14H23SY-. The first kappa shape index (κ1) is 21.6. The van der Waals surface area contributed by atoms with Crippen LogP contribution in [0, 0.1) is 13.0 Å². The van der Waals surface area contributed by atoms with Gasteiger partial charge >= 0.3 is 0 Å². The van der Waals surface area contributed by atoms with E-state index in [4.69, 9.17) is 0 Å². The summed E-state index contributed by atoms with van der Waals surface area (Å²) in [7, 11) is 0. The predicted octanol–water partition coefficient (Wildman–Crippen LogP) is 3.67. The Labute approximate surface area is 130 Å². The van der Waals surface area contributed by atoms with Crippen LogP contribution in [0.1, 0.15) is 39.5 Å². The third kappa shape index (κ3) is 8.44. The van der Waals surface area contributed by atoms with Crippen LogP contribution >= 0.6 is 11.3 Å². The minimum Gasteiger partial charge on any atom is -0.224 e. The van der Waals surface area contributed by atoms with E-state index in [1.54, 1.807) is 17.4 Å². The van der Waals surface area contributed by atoms with E-state index in [1.165, 1.54) is 9.41 Å². The van der Waals surface area contributed by atoms with Crippen molar-refractivity contribution >= 4 is 23.5 Å². The Morgan fingerprint density at radius 3 is 2.06 bits per heavy atom. The van der Waals surface area contributed by atoms with Crippen molar-refractivity contribution in [2.24, 2.45) is 0 Å². The molecule has 0 atom stereocenters. The van der Waals surface area contributed by atoms with Crippen LogP contribution in [-0.4, -0.2) is 0 Å². The zero-order chi connectivity index (χ0) is 12.3. The van der Waals surface area contributed by atoms with Gasteiger partial charge in [0.2, 0.25) is 0 Å². The Morgan fingerprint density at radius 2 is 1.69 bits per heavy atom. The van der Waals surface area contributed by atoms with E-state index in [2.05, 4.69) is 25.6 Å². The molecular weight excluding hydrogens is 289 g/mol. The molecule has 2 heteroatoms. The molecule has 1 rings (SSSR count). The molecule has 0 fully saturated rings. The van der Waals surface area contributed by atoms with E-state index < -0.39 is 0 Å². The molecule has 0 saturated carbocycles. The van der Waals surface area contributed by atoms with Crippen LogP contribution < -0.4 is 9.75 Å². The predicted molar refractivity (Wildman–Crippen MR) is 74.6 cm³/mol. The van der Waals surface area contributed by atoms with Gasteiger partial charge in [0.25, 0.3) is 0 Å². The molecule has 0 unspecified atom stereocenters. The van der Waals surface area contributed by atoms with E-state index in [9.17, 15) is 0 Å². The fraction of sp³-hybridized carbons (Fsp3) is 0.429. The third-order valence-corrected chi connectivity index (χ3v) is 2.47. The average molecular weight is 312 g/mol. The summed E-state index contributed by atoms with van der Waals surface area (Å²) in [5, 5.41) is 1.16. The summed E-state index contributed by atoms with van der Waals surface area (Å²) < 4.78 is 1.28. The first-order valence-corrected chi connectivity index (χ1v) is 6.37. The molecule has 0 amide bonds. The van der Waals surface area contributed by atoms with Gasteiger partial charge in [0.15, 0.2) is 0 Å². The normalized spacial score (nSPS) is 10.4. The molecule has 0 saturated heterocycles. The molecule has 0 spiro atoms. The van der Waals surface area contributed by atoms with Crippen molar-refractivity contribution in [3.63, 3.8) is 0 Å². The molecule has 0 bridgehead atoms.